The molecule has 0 aromatic heterocycles. The van der Waals surface area contributed by atoms with E-state index in [1.54, 1.807) is 0 Å². The smallest absolute Gasteiger partial charge is 0.0426 e. The first-order chi connectivity index (χ1) is 9.36. The molecule has 2 aromatic rings. The van der Waals surface area contributed by atoms with Crippen molar-refractivity contribution >= 4 is 26.0 Å². The molecule has 3 rings (SSSR count). The van der Waals surface area contributed by atoms with Crippen molar-refractivity contribution in [3.05, 3.63) is 78.1 Å². The Hall–Kier alpha value is -1.85. The average molecular weight is 265 g/mol. The van der Waals surface area contributed by atoms with Crippen LogP contribution in [-0.4, -0.2) is 0 Å². The molecule has 0 spiro atoms. The monoisotopic (exact) mass is 265 g/mol. The highest BCUT2D eigenvalue weighted by atomic mass is 31.1. The molecule has 2 aromatic carbocycles. The summed E-state index contributed by atoms with van der Waals surface area (Å²) in [6.45, 7) is 3.85. The van der Waals surface area contributed by atoms with Crippen LogP contribution in [0.1, 0.15) is 16.8 Å². The van der Waals surface area contributed by atoms with Gasteiger partial charge in [-0.15, -0.1) is 0 Å². The molecule has 19 heavy (non-hydrogen) atoms. The van der Waals surface area contributed by atoms with E-state index in [0.717, 1.165) is 14.3 Å². The Morgan fingerprint density at radius 3 is 2.53 bits per heavy atom. The molecule has 0 saturated heterocycles. The van der Waals surface area contributed by atoms with Gasteiger partial charge in [-0.25, -0.2) is 0 Å². The summed E-state index contributed by atoms with van der Waals surface area (Å²) in [5, 5.41) is 3.51. The third-order valence-corrected chi connectivity index (χ3v) is 4.51. The average Bonchev–Trinajstić information content (AvgIpc) is 2.40. The Bertz CT molecular complexity index is 616. The Balaban J connectivity index is 1.95. The summed E-state index contributed by atoms with van der Waals surface area (Å²) in [6, 6.07) is 16.8. The Morgan fingerprint density at radius 1 is 1.11 bits per heavy atom. The van der Waals surface area contributed by atoms with Crippen LogP contribution in [0.3, 0.4) is 0 Å². The highest BCUT2D eigenvalue weighted by molar-refractivity contribution is 7.44. The Kier molecular flexibility index (Phi) is 3.48. The third kappa shape index (κ3) is 2.62. The number of benzene rings is 2. The molecule has 2 heteroatoms. The van der Waals surface area contributed by atoms with Crippen molar-refractivity contribution in [1.29, 1.82) is 0 Å². The fourth-order valence-corrected chi connectivity index (χ4v) is 2.95. The van der Waals surface area contributed by atoms with E-state index in [1.165, 1.54) is 16.8 Å². The van der Waals surface area contributed by atoms with Gasteiger partial charge in [0.25, 0.3) is 0 Å². The van der Waals surface area contributed by atoms with Gasteiger partial charge < -0.3 is 5.32 Å². The number of nitrogens with one attached hydrogen (secondary N) is 1. The van der Waals surface area contributed by atoms with E-state index in [2.05, 4.69) is 54.1 Å². The topological polar surface area (TPSA) is 12.0 Å². The quantitative estimate of drug-likeness (QED) is 0.738. The maximum absolute atomic E-state index is 3.85. The molecular formula is C17H16NP. The van der Waals surface area contributed by atoms with Gasteiger partial charge in [0.2, 0.25) is 0 Å². The van der Waals surface area contributed by atoms with Crippen molar-refractivity contribution in [2.75, 3.05) is 5.32 Å². The molecule has 0 fully saturated rings. The Labute approximate surface area is 115 Å². The number of allylic oxidation sites excluding steroid dienone is 1. The molecule has 1 aliphatic heterocycles. The third-order valence-electron chi connectivity index (χ3n) is 3.26. The number of anilines is 2. The predicted molar refractivity (Wildman–Crippen MR) is 86.5 cm³/mol. The van der Waals surface area contributed by atoms with Crippen molar-refractivity contribution in [3.8, 4) is 0 Å². The zero-order chi connectivity index (χ0) is 13.1. The van der Waals surface area contributed by atoms with Gasteiger partial charge in [0.05, 0.1) is 0 Å². The first-order valence-corrected chi connectivity index (χ1v) is 7.53. The zero-order valence-corrected chi connectivity index (χ0v) is 11.6. The summed E-state index contributed by atoms with van der Waals surface area (Å²) in [5.74, 6) is 2.25. The first-order valence-electron chi connectivity index (χ1n) is 6.38. The van der Waals surface area contributed by atoms with E-state index in [-0.39, 0.29) is 0 Å². The molecule has 1 aliphatic rings. The molecule has 2 unspecified atom stereocenters. The van der Waals surface area contributed by atoms with E-state index >= 15 is 0 Å². The van der Waals surface area contributed by atoms with Crippen molar-refractivity contribution in [2.45, 2.75) is 5.66 Å². The molecule has 1 heterocycles. The highest BCUT2D eigenvalue weighted by Crippen LogP contribution is 2.48. The fourth-order valence-electron chi connectivity index (χ4n) is 2.14. The summed E-state index contributed by atoms with van der Waals surface area (Å²) in [6.07, 6.45) is 4.18. The second kappa shape index (κ2) is 5.42. The van der Waals surface area contributed by atoms with Gasteiger partial charge in [0, 0.05) is 17.0 Å². The number of para-hydroxylation sites is 1. The van der Waals surface area contributed by atoms with E-state index in [9.17, 15) is 0 Å². The van der Waals surface area contributed by atoms with Gasteiger partial charge in [-0.2, -0.15) is 0 Å². The standard InChI is InChI=1S/C17H16NP/c1-2-13-8-9-16(15(12-13)17-10-11-19-17)18-14-6-4-3-5-7-14/h2-12,17-19H,1H2. The van der Waals surface area contributed by atoms with Crippen LogP contribution in [0.15, 0.2) is 67.0 Å². The minimum atomic E-state index is 0.561. The minimum absolute atomic E-state index is 0.561. The number of rotatable bonds is 4. The maximum Gasteiger partial charge on any atom is 0.0426 e. The zero-order valence-electron chi connectivity index (χ0n) is 10.6. The molecule has 1 nitrogen and oxygen atoms in total. The van der Waals surface area contributed by atoms with Gasteiger partial charge >= 0.3 is 0 Å². The van der Waals surface area contributed by atoms with Crippen LogP contribution < -0.4 is 5.32 Å². The van der Waals surface area contributed by atoms with Crippen LogP contribution in [0.25, 0.3) is 6.08 Å². The van der Waals surface area contributed by atoms with Crippen LogP contribution in [-0.2, 0) is 0 Å². The molecule has 0 saturated carbocycles. The molecule has 94 valence electrons. The summed E-state index contributed by atoms with van der Waals surface area (Å²) >= 11 is 0. The van der Waals surface area contributed by atoms with Gasteiger partial charge in [-0.3, -0.25) is 0 Å². The van der Waals surface area contributed by atoms with Crippen LogP contribution in [0, 0.1) is 0 Å². The summed E-state index contributed by atoms with van der Waals surface area (Å²) in [5.41, 5.74) is 5.42. The molecule has 0 amide bonds. The molecule has 0 aliphatic carbocycles. The molecule has 0 radical (unpaired) electrons. The van der Waals surface area contributed by atoms with E-state index in [4.69, 9.17) is 0 Å². The lowest BCUT2D eigenvalue weighted by atomic mass is 10.0. The van der Waals surface area contributed by atoms with Crippen molar-refractivity contribution in [1.82, 2.24) is 0 Å². The van der Waals surface area contributed by atoms with Gasteiger partial charge in [0.15, 0.2) is 0 Å². The fraction of sp³-hybridized carbons (Fsp3) is 0.0588. The molecule has 0 bridgehead atoms. The molecule has 2 atom stereocenters. The summed E-state index contributed by atoms with van der Waals surface area (Å²) in [4.78, 5) is 0. The molecule has 1 N–H and O–H groups in total. The lowest BCUT2D eigenvalue weighted by molar-refractivity contribution is 1.20. The minimum Gasteiger partial charge on any atom is -0.355 e. The van der Waals surface area contributed by atoms with Crippen LogP contribution in [0.2, 0.25) is 0 Å². The predicted octanol–water partition coefficient (Wildman–Crippen LogP) is 5.32. The highest BCUT2D eigenvalue weighted by Gasteiger charge is 2.17. The lowest BCUT2D eigenvalue weighted by Gasteiger charge is -2.22. The van der Waals surface area contributed by atoms with Gasteiger partial charge in [0.1, 0.15) is 0 Å². The Morgan fingerprint density at radius 2 is 1.89 bits per heavy atom. The largest absolute Gasteiger partial charge is 0.355 e. The second-order valence-electron chi connectivity index (χ2n) is 4.55. The van der Waals surface area contributed by atoms with E-state index in [1.807, 2.05) is 24.3 Å². The van der Waals surface area contributed by atoms with Crippen molar-refractivity contribution in [2.24, 2.45) is 0 Å². The van der Waals surface area contributed by atoms with Crippen LogP contribution in [0.5, 0.6) is 0 Å². The van der Waals surface area contributed by atoms with Crippen LogP contribution in [0.4, 0.5) is 11.4 Å². The summed E-state index contributed by atoms with van der Waals surface area (Å²) < 4.78 is 0. The summed E-state index contributed by atoms with van der Waals surface area (Å²) in [7, 11) is 0.890. The number of hydrogen-bond acceptors (Lipinski definition) is 1. The SMILES string of the molecule is C=Cc1ccc(Nc2ccccc2)c(C2C=CP2)c1. The van der Waals surface area contributed by atoms with Crippen molar-refractivity contribution < 1.29 is 0 Å². The van der Waals surface area contributed by atoms with E-state index < -0.39 is 0 Å². The van der Waals surface area contributed by atoms with E-state index in [0.29, 0.717) is 5.66 Å². The van der Waals surface area contributed by atoms with Gasteiger partial charge in [-0.1, -0.05) is 57.4 Å². The van der Waals surface area contributed by atoms with Gasteiger partial charge in [-0.05, 0) is 35.4 Å². The normalized spacial score (nSPS) is 18.0. The second-order valence-corrected chi connectivity index (χ2v) is 5.83. The number of hydrogen-bond donors (Lipinski definition) is 1. The van der Waals surface area contributed by atoms with Crippen molar-refractivity contribution in [3.63, 3.8) is 0 Å². The first kappa shape index (κ1) is 12.2. The molecular weight excluding hydrogens is 249 g/mol. The maximum atomic E-state index is 3.85. The van der Waals surface area contributed by atoms with Crippen LogP contribution >= 0.6 is 8.58 Å². The lowest BCUT2D eigenvalue weighted by Crippen LogP contribution is -2.00.